The molecule has 2 unspecified atom stereocenters. The number of hydrogen-bond acceptors (Lipinski definition) is 2. The molecule has 1 saturated heterocycles. The Morgan fingerprint density at radius 1 is 0.833 bits per heavy atom. The lowest BCUT2D eigenvalue weighted by molar-refractivity contribution is 0.0309. The summed E-state index contributed by atoms with van der Waals surface area (Å²) in [6.45, 7) is 14.9. The summed E-state index contributed by atoms with van der Waals surface area (Å²) in [5, 5.41) is 0. The maximum absolute atomic E-state index is 5.39. The van der Waals surface area contributed by atoms with E-state index in [9.17, 15) is 0 Å². The van der Waals surface area contributed by atoms with Crippen molar-refractivity contribution in [3.63, 3.8) is 0 Å². The first-order chi connectivity index (χ1) is 8.58. The summed E-state index contributed by atoms with van der Waals surface area (Å²) in [5.41, 5.74) is 0. The lowest BCUT2D eigenvalue weighted by Gasteiger charge is -2.29. The van der Waals surface area contributed by atoms with Crippen molar-refractivity contribution in [1.29, 1.82) is 0 Å². The highest BCUT2D eigenvalue weighted by Gasteiger charge is 2.14. The number of rotatable bonds is 8. The molecule has 0 amide bonds. The molecule has 2 heteroatoms. The van der Waals surface area contributed by atoms with Crippen LogP contribution < -0.4 is 0 Å². The topological polar surface area (TPSA) is 12.5 Å². The Bertz CT molecular complexity index is 199. The lowest BCUT2D eigenvalue weighted by atomic mass is 9.92. The predicted molar refractivity (Wildman–Crippen MR) is 78.9 cm³/mol. The van der Waals surface area contributed by atoms with Gasteiger partial charge in [-0.05, 0) is 24.2 Å². The number of nitrogens with zero attached hydrogens (tertiary/aromatic N) is 1. The molecule has 0 bridgehead atoms. The largest absolute Gasteiger partial charge is 0.379 e. The molecule has 1 rings (SSSR count). The van der Waals surface area contributed by atoms with Gasteiger partial charge in [0.05, 0.1) is 13.2 Å². The van der Waals surface area contributed by atoms with Crippen LogP contribution in [0.3, 0.4) is 0 Å². The summed E-state index contributed by atoms with van der Waals surface area (Å²) in [7, 11) is 0. The summed E-state index contributed by atoms with van der Waals surface area (Å²) in [6, 6.07) is 0. The fourth-order valence-electron chi connectivity index (χ4n) is 2.65. The van der Waals surface area contributed by atoms with E-state index < -0.39 is 0 Å². The van der Waals surface area contributed by atoms with Crippen LogP contribution >= 0.6 is 0 Å². The minimum atomic E-state index is 0.838. The van der Waals surface area contributed by atoms with Crippen LogP contribution in [-0.4, -0.2) is 37.7 Å². The molecule has 2 nitrogen and oxygen atoms in total. The molecule has 2 atom stereocenters. The molecule has 0 aliphatic carbocycles. The monoisotopic (exact) mass is 255 g/mol. The second-order valence-corrected chi connectivity index (χ2v) is 6.67. The van der Waals surface area contributed by atoms with E-state index in [0.717, 1.165) is 44.1 Å². The van der Waals surface area contributed by atoms with Crippen molar-refractivity contribution in [2.45, 2.75) is 53.4 Å². The Kier molecular flexibility index (Phi) is 7.92. The van der Waals surface area contributed by atoms with Gasteiger partial charge in [-0.3, -0.25) is 4.90 Å². The summed E-state index contributed by atoms with van der Waals surface area (Å²) >= 11 is 0. The van der Waals surface area contributed by atoms with Gasteiger partial charge in [-0.25, -0.2) is 0 Å². The van der Waals surface area contributed by atoms with Crippen LogP contribution in [0, 0.1) is 17.8 Å². The second-order valence-electron chi connectivity index (χ2n) is 6.67. The van der Waals surface area contributed by atoms with E-state index in [1.807, 2.05) is 0 Å². The normalized spacial score (nSPS) is 21.2. The maximum atomic E-state index is 5.39. The summed E-state index contributed by atoms with van der Waals surface area (Å²) < 4.78 is 5.39. The van der Waals surface area contributed by atoms with Crippen LogP contribution in [0.25, 0.3) is 0 Å². The Morgan fingerprint density at radius 3 is 2.00 bits per heavy atom. The molecule has 1 fully saturated rings. The van der Waals surface area contributed by atoms with Gasteiger partial charge in [-0.2, -0.15) is 0 Å². The van der Waals surface area contributed by atoms with Crippen LogP contribution in [0.2, 0.25) is 0 Å². The molecule has 1 heterocycles. The predicted octanol–water partition coefficient (Wildman–Crippen LogP) is 3.81. The zero-order chi connectivity index (χ0) is 13.4. The molecule has 1 aliphatic heterocycles. The van der Waals surface area contributed by atoms with E-state index in [-0.39, 0.29) is 0 Å². The average Bonchev–Trinajstić information content (AvgIpc) is 2.35. The van der Waals surface area contributed by atoms with E-state index in [1.54, 1.807) is 0 Å². The van der Waals surface area contributed by atoms with Crippen LogP contribution in [0.4, 0.5) is 0 Å². The molecule has 0 aromatic heterocycles. The zero-order valence-electron chi connectivity index (χ0n) is 13.0. The lowest BCUT2D eigenvalue weighted by Crippen LogP contribution is -2.38. The summed E-state index contributed by atoms with van der Waals surface area (Å²) in [4.78, 5) is 2.56. The van der Waals surface area contributed by atoms with Gasteiger partial charge in [0, 0.05) is 19.6 Å². The van der Waals surface area contributed by atoms with Crippen LogP contribution in [0.1, 0.15) is 53.4 Å². The molecule has 0 radical (unpaired) electrons. The van der Waals surface area contributed by atoms with Gasteiger partial charge in [0.2, 0.25) is 0 Å². The first-order valence-electron chi connectivity index (χ1n) is 7.88. The zero-order valence-corrected chi connectivity index (χ0v) is 13.0. The third-order valence-corrected chi connectivity index (χ3v) is 4.06. The van der Waals surface area contributed by atoms with Gasteiger partial charge in [-0.1, -0.05) is 47.0 Å². The quantitative estimate of drug-likeness (QED) is 0.654. The van der Waals surface area contributed by atoms with E-state index in [1.165, 1.54) is 32.2 Å². The van der Waals surface area contributed by atoms with Crippen molar-refractivity contribution in [2.75, 3.05) is 32.8 Å². The van der Waals surface area contributed by atoms with Gasteiger partial charge in [0.25, 0.3) is 0 Å². The number of hydrogen-bond donors (Lipinski definition) is 0. The van der Waals surface area contributed by atoms with Crippen molar-refractivity contribution in [3.8, 4) is 0 Å². The summed E-state index contributed by atoms with van der Waals surface area (Å²) in [6.07, 6.45) is 5.58. The second kappa shape index (κ2) is 8.92. The average molecular weight is 255 g/mol. The highest BCUT2D eigenvalue weighted by molar-refractivity contribution is 4.67. The standard InChI is InChI=1S/C16H33NO/c1-14(2)5-6-15(3)7-8-16(4)13-17-9-11-18-12-10-17/h14-16H,5-13H2,1-4H3. The third kappa shape index (κ3) is 7.38. The van der Waals surface area contributed by atoms with E-state index in [4.69, 9.17) is 4.74 Å². The van der Waals surface area contributed by atoms with Gasteiger partial charge in [0.1, 0.15) is 0 Å². The Labute approximate surface area is 114 Å². The van der Waals surface area contributed by atoms with Crippen LogP contribution in [0.15, 0.2) is 0 Å². The van der Waals surface area contributed by atoms with Gasteiger partial charge in [0.15, 0.2) is 0 Å². The van der Waals surface area contributed by atoms with Gasteiger partial charge < -0.3 is 4.74 Å². The molecule has 0 aromatic carbocycles. The minimum Gasteiger partial charge on any atom is -0.379 e. The van der Waals surface area contributed by atoms with Crippen LogP contribution in [0.5, 0.6) is 0 Å². The SMILES string of the molecule is CC(C)CCC(C)CCC(C)CN1CCOCC1. The van der Waals surface area contributed by atoms with Crippen molar-refractivity contribution in [3.05, 3.63) is 0 Å². The fourth-order valence-corrected chi connectivity index (χ4v) is 2.65. The molecular weight excluding hydrogens is 222 g/mol. The number of morpholine rings is 1. The molecule has 1 aliphatic rings. The van der Waals surface area contributed by atoms with Crippen molar-refractivity contribution in [2.24, 2.45) is 17.8 Å². The molecule has 18 heavy (non-hydrogen) atoms. The van der Waals surface area contributed by atoms with Gasteiger partial charge >= 0.3 is 0 Å². The highest BCUT2D eigenvalue weighted by atomic mass is 16.5. The highest BCUT2D eigenvalue weighted by Crippen LogP contribution is 2.19. The Balaban J connectivity index is 2.06. The minimum absolute atomic E-state index is 0.838. The molecule has 0 spiro atoms. The molecule has 108 valence electrons. The number of ether oxygens (including phenoxy) is 1. The third-order valence-electron chi connectivity index (χ3n) is 4.06. The smallest absolute Gasteiger partial charge is 0.0594 e. The Hall–Kier alpha value is -0.0800. The fraction of sp³-hybridized carbons (Fsp3) is 1.00. The van der Waals surface area contributed by atoms with Crippen LogP contribution in [-0.2, 0) is 4.74 Å². The maximum Gasteiger partial charge on any atom is 0.0594 e. The summed E-state index contributed by atoms with van der Waals surface area (Å²) in [5.74, 6) is 2.60. The van der Waals surface area contributed by atoms with E-state index in [2.05, 4.69) is 32.6 Å². The first kappa shape index (κ1) is 16.0. The van der Waals surface area contributed by atoms with Crippen molar-refractivity contribution in [1.82, 2.24) is 4.90 Å². The van der Waals surface area contributed by atoms with Gasteiger partial charge in [-0.15, -0.1) is 0 Å². The molecule has 0 N–H and O–H groups in total. The first-order valence-corrected chi connectivity index (χ1v) is 7.88. The van der Waals surface area contributed by atoms with Crippen molar-refractivity contribution >= 4 is 0 Å². The van der Waals surface area contributed by atoms with Crippen molar-refractivity contribution < 1.29 is 4.74 Å². The molecule has 0 aromatic rings. The Morgan fingerprint density at radius 2 is 1.39 bits per heavy atom. The molecular formula is C16H33NO. The van der Waals surface area contributed by atoms with E-state index in [0.29, 0.717) is 0 Å². The van der Waals surface area contributed by atoms with E-state index >= 15 is 0 Å². The molecule has 0 saturated carbocycles.